The monoisotopic (exact) mass is 559 g/mol. The number of pyridine rings is 1. The molecule has 210 valence electrons. The number of halogens is 6. The molecule has 0 unspecified atom stereocenters. The fourth-order valence-electron chi connectivity index (χ4n) is 4.15. The number of hydrogen-bond donors (Lipinski definition) is 2. The number of alkyl halides is 6. The highest BCUT2D eigenvalue weighted by Crippen LogP contribution is 2.43. The van der Waals surface area contributed by atoms with Crippen LogP contribution >= 0.6 is 0 Å². The zero-order valence-corrected chi connectivity index (χ0v) is 20.4. The van der Waals surface area contributed by atoms with E-state index < -0.39 is 64.7 Å². The summed E-state index contributed by atoms with van der Waals surface area (Å²) >= 11 is 0. The number of hydrogen-bond acceptors (Lipinski definition) is 8. The number of nitrogen functional groups attached to an aromatic ring is 1. The lowest BCUT2D eigenvalue weighted by Gasteiger charge is -2.27. The van der Waals surface area contributed by atoms with Crippen molar-refractivity contribution in [1.29, 1.82) is 0 Å². The van der Waals surface area contributed by atoms with Crippen molar-refractivity contribution in [2.24, 2.45) is 0 Å². The van der Waals surface area contributed by atoms with Crippen LogP contribution in [0.25, 0.3) is 11.6 Å². The largest absolute Gasteiger partial charge is 0.497 e. The highest BCUT2D eigenvalue weighted by Gasteiger charge is 2.58. The van der Waals surface area contributed by atoms with Gasteiger partial charge in [0, 0.05) is 13.1 Å². The third kappa shape index (κ3) is 5.62. The molecule has 1 amide bonds. The highest BCUT2D eigenvalue weighted by atomic mass is 19.4. The van der Waals surface area contributed by atoms with E-state index in [1.165, 1.54) is 7.11 Å². The topological polar surface area (TPSA) is 128 Å². The summed E-state index contributed by atoms with van der Waals surface area (Å²) in [4.78, 5) is 18.4. The number of ether oxygens (including phenoxy) is 1. The van der Waals surface area contributed by atoms with Crippen molar-refractivity contribution in [2.45, 2.75) is 50.2 Å². The standard InChI is InChI=1S/C24H23F6N5O4/c1-38-14-7-5-13(6-8-14)12-35-10-4-2-3-9-22(37,24(28,29)30)21-34-33-19(39-21)18-16(31)11-15(23(25,26)27)17(32-18)20(35)36/h5-8,11,37H,2-4,9-10,12,31H2,1H3/t22-/m0/s1. The highest BCUT2D eigenvalue weighted by molar-refractivity contribution is 5.95. The number of carbonyl (C=O) groups excluding carboxylic acids is 1. The van der Waals surface area contributed by atoms with Crippen molar-refractivity contribution in [3.63, 3.8) is 0 Å². The van der Waals surface area contributed by atoms with E-state index >= 15 is 0 Å². The van der Waals surface area contributed by atoms with Gasteiger partial charge < -0.3 is 24.9 Å². The average Bonchev–Trinajstić information content (AvgIpc) is 3.36. The molecule has 2 aromatic heterocycles. The maximum atomic E-state index is 14.0. The molecule has 15 heteroatoms. The van der Waals surface area contributed by atoms with E-state index in [2.05, 4.69) is 15.2 Å². The normalized spacial score (nSPS) is 19.1. The molecule has 1 aliphatic rings. The lowest BCUT2D eigenvalue weighted by atomic mass is 9.95. The molecule has 0 radical (unpaired) electrons. The molecular formula is C24H23F6N5O4. The molecule has 1 aromatic carbocycles. The molecule has 9 nitrogen and oxygen atoms in total. The van der Waals surface area contributed by atoms with E-state index in [9.17, 15) is 36.2 Å². The van der Waals surface area contributed by atoms with E-state index in [4.69, 9.17) is 14.9 Å². The predicted octanol–water partition coefficient (Wildman–Crippen LogP) is 4.71. The van der Waals surface area contributed by atoms with Gasteiger partial charge in [-0.05, 0) is 43.0 Å². The third-order valence-corrected chi connectivity index (χ3v) is 6.30. The summed E-state index contributed by atoms with van der Waals surface area (Å²) < 4.78 is 93.6. The number of nitrogens with two attached hydrogens (primary N) is 1. The summed E-state index contributed by atoms with van der Waals surface area (Å²) in [6, 6.07) is 6.89. The quantitative estimate of drug-likeness (QED) is 0.442. The Morgan fingerprint density at radius 2 is 1.77 bits per heavy atom. The fourth-order valence-corrected chi connectivity index (χ4v) is 4.15. The van der Waals surface area contributed by atoms with Crippen LogP contribution in [0, 0.1) is 0 Å². The van der Waals surface area contributed by atoms with Crippen LogP contribution in [0.5, 0.6) is 5.75 Å². The molecule has 0 fully saturated rings. The number of fused-ring (bicyclic) bond motifs is 5. The van der Waals surface area contributed by atoms with Crippen LogP contribution in [0.3, 0.4) is 0 Å². The van der Waals surface area contributed by atoms with Crippen molar-refractivity contribution >= 4 is 11.6 Å². The second-order valence-electron chi connectivity index (χ2n) is 8.98. The first-order valence-electron chi connectivity index (χ1n) is 11.7. The number of aromatic nitrogens is 3. The zero-order valence-electron chi connectivity index (χ0n) is 20.4. The SMILES string of the molecule is COc1ccc(CN2CCCCC[C@@](O)(C(F)(F)F)c3nnc(o3)-c3nc(c(C(F)(F)F)cc3N)C2=O)cc1. The Labute approximate surface area is 217 Å². The maximum absolute atomic E-state index is 14.0. The molecule has 1 aliphatic heterocycles. The first-order chi connectivity index (χ1) is 18.2. The molecule has 0 aliphatic carbocycles. The maximum Gasteiger partial charge on any atom is 0.426 e. The molecule has 0 saturated heterocycles. The first-order valence-corrected chi connectivity index (χ1v) is 11.7. The summed E-state index contributed by atoms with van der Waals surface area (Å²) in [5.74, 6) is -2.56. The second-order valence-corrected chi connectivity index (χ2v) is 8.98. The van der Waals surface area contributed by atoms with Gasteiger partial charge in [0.25, 0.3) is 17.7 Å². The van der Waals surface area contributed by atoms with E-state index in [-0.39, 0.29) is 32.4 Å². The van der Waals surface area contributed by atoms with Crippen LogP contribution < -0.4 is 10.5 Å². The lowest BCUT2D eigenvalue weighted by Crippen LogP contribution is -2.42. The Hall–Kier alpha value is -3.88. The van der Waals surface area contributed by atoms with Gasteiger partial charge in [0.1, 0.15) is 11.4 Å². The van der Waals surface area contributed by atoms with E-state index in [0.29, 0.717) is 17.4 Å². The summed E-state index contributed by atoms with van der Waals surface area (Å²) in [5, 5.41) is 17.2. The van der Waals surface area contributed by atoms with Crippen molar-refractivity contribution in [1.82, 2.24) is 20.1 Å². The number of rotatable bonds is 3. The van der Waals surface area contributed by atoms with Crippen LogP contribution in [0.1, 0.15) is 53.2 Å². The van der Waals surface area contributed by atoms with Gasteiger partial charge in [-0.3, -0.25) is 4.79 Å². The predicted molar refractivity (Wildman–Crippen MR) is 123 cm³/mol. The smallest absolute Gasteiger partial charge is 0.426 e. The van der Waals surface area contributed by atoms with Gasteiger partial charge in [-0.1, -0.05) is 18.6 Å². The Bertz CT molecular complexity index is 1340. The summed E-state index contributed by atoms with van der Waals surface area (Å²) in [6.45, 7) is -0.231. The van der Waals surface area contributed by atoms with Crippen molar-refractivity contribution < 1.29 is 45.4 Å². The first kappa shape index (κ1) is 28.1. The number of nitrogens with zero attached hydrogens (tertiary/aromatic N) is 4. The molecule has 39 heavy (non-hydrogen) atoms. The second kappa shape index (κ2) is 10.4. The molecule has 3 heterocycles. The van der Waals surface area contributed by atoms with E-state index in [0.717, 1.165) is 4.90 Å². The number of amides is 1. The van der Waals surface area contributed by atoms with Crippen molar-refractivity contribution in [2.75, 3.05) is 19.4 Å². The zero-order chi connectivity index (χ0) is 28.6. The molecular weight excluding hydrogens is 536 g/mol. The van der Waals surface area contributed by atoms with Crippen LogP contribution in [-0.2, 0) is 18.3 Å². The van der Waals surface area contributed by atoms with Crippen LogP contribution in [0.4, 0.5) is 32.0 Å². The number of aliphatic hydroxyl groups is 1. The molecule has 4 bridgehead atoms. The minimum atomic E-state index is -5.20. The minimum Gasteiger partial charge on any atom is -0.497 e. The minimum absolute atomic E-state index is 0.0956. The van der Waals surface area contributed by atoms with Crippen LogP contribution in [0.15, 0.2) is 34.7 Å². The fraction of sp³-hybridized carbons (Fsp3) is 0.417. The van der Waals surface area contributed by atoms with Crippen molar-refractivity contribution in [3.05, 3.63) is 53.0 Å². The molecule has 1 atom stereocenters. The van der Waals surface area contributed by atoms with Gasteiger partial charge in [-0.15, -0.1) is 10.2 Å². The lowest BCUT2D eigenvalue weighted by molar-refractivity contribution is -0.277. The number of carbonyl (C=O) groups is 1. The molecule has 3 aromatic rings. The number of methoxy groups -OCH3 is 1. The number of benzene rings is 1. The van der Waals surface area contributed by atoms with Gasteiger partial charge in [-0.25, -0.2) is 4.98 Å². The Morgan fingerprint density at radius 3 is 2.38 bits per heavy atom. The summed E-state index contributed by atoms with van der Waals surface area (Å²) in [6.07, 6.45) is -11.0. The number of anilines is 1. The van der Waals surface area contributed by atoms with Gasteiger partial charge in [0.15, 0.2) is 5.69 Å². The van der Waals surface area contributed by atoms with E-state index in [1.807, 2.05) is 0 Å². The summed E-state index contributed by atoms with van der Waals surface area (Å²) in [5.41, 5.74) is -0.984. The third-order valence-electron chi connectivity index (χ3n) is 6.30. The molecule has 3 N–H and O–H groups in total. The van der Waals surface area contributed by atoms with Crippen LogP contribution in [-0.4, -0.2) is 50.9 Å². The average molecular weight is 559 g/mol. The van der Waals surface area contributed by atoms with E-state index in [1.54, 1.807) is 24.3 Å². The Balaban J connectivity index is 1.85. The molecule has 0 saturated carbocycles. The molecule has 4 rings (SSSR count). The molecule has 0 spiro atoms. The Morgan fingerprint density at radius 1 is 1.08 bits per heavy atom. The van der Waals surface area contributed by atoms with Gasteiger partial charge in [-0.2, -0.15) is 26.3 Å². The van der Waals surface area contributed by atoms with Gasteiger partial charge >= 0.3 is 12.4 Å². The summed E-state index contributed by atoms with van der Waals surface area (Å²) in [7, 11) is 1.45. The van der Waals surface area contributed by atoms with Crippen molar-refractivity contribution in [3.8, 4) is 17.3 Å². The van der Waals surface area contributed by atoms with Gasteiger partial charge in [0.05, 0.1) is 18.4 Å². The van der Waals surface area contributed by atoms with Crippen LogP contribution in [0.2, 0.25) is 0 Å². The Kier molecular flexibility index (Phi) is 7.47. The van der Waals surface area contributed by atoms with Gasteiger partial charge in [0.2, 0.25) is 5.60 Å².